The van der Waals surface area contributed by atoms with Crippen molar-refractivity contribution in [3.63, 3.8) is 0 Å². The number of para-hydroxylation sites is 1. The van der Waals surface area contributed by atoms with Crippen LogP contribution in [0.4, 0.5) is 0 Å². The highest BCUT2D eigenvalue weighted by Gasteiger charge is 2.10. The van der Waals surface area contributed by atoms with E-state index in [1.807, 2.05) is 18.2 Å². The number of rotatable bonds is 6. The average Bonchev–Trinajstić information content (AvgIpc) is 2.27. The van der Waals surface area contributed by atoms with E-state index < -0.39 is 6.10 Å². The summed E-state index contributed by atoms with van der Waals surface area (Å²) in [4.78, 5) is 0. The zero-order valence-corrected chi connectivity index (χ0v) is 11.0. The second kappa shape index (κ2) is 6.73. The maximum absolute atomic E-state index is 9.52. The minimum absolute atomic E-state index is 0.222. The number of likely N-dealkylation sites (N-methyl/N-ethyl adjacent to an activating group) is 1. The van der Waals surface area contributed by atoms with Gasteiger partial charge < -0.3 is 19.9 Å². The van der Waals surface area contributed by atoms with E-state index in [1.54, 1.807) is 14.2 Å². The van der Waals surface area contributed by atoms with E-state index in [1.165, 1.54) is 0 Å². The Morgan fingerprint density at radius 3 is 2.88 bits per heavy atom. The summed E-state index contributed by atoms with van der Waals surface area (Å²) in [5.41, 5.74) is 0. The molecular formula is C11H16BrNO3. The molecule has 4 nitrogen and oxygen atoms in total. The van der Waals surface area contributed by atoms with Gasteiger partial charge in [0.2, 0.25) is 0 Å². The summed E-state index contributed by atoms with van der Waals surface area (Å²) in [6.45, 7) is 0.715. The maximum atomic E-state index is 9.52. The lowest BCUT2D eigenvalue weighted by Gasteiger charge is -2.15. The molecule has 1 rings (SSSR count). The standard InChI is InChI=1S/C11H16BrNO3/c1-13-6-8(14)7-16-11-9(12)4-3-5-10(11)15-2/h3-5,8,13-14H,6-7H2,1-2H3. The lowest BCUT2D eigenvalue weighted by atomic mass is 10.3. The van der Waals surface area contributed by atoms with Crippen molar-refractivity contribution in [2.45, 2.75) is 6.10 Å². The van der Waals surface area contributed by atoms with Crippen molar-refractivity contribution >= 4 is 15.9 Å². The number of halogens is 1. The highest BCUT2D eigenvalue weighted by Crippen LogP contribution is 2.34. The molecule has 0 saturated heterocycles. The van der Waals surface area contributed by atoms with Crippen LogP contribution >= 0.6 is 15.9 Å². The Hall–Kier alpha value is -0.780. The molecule has 5 heteroatoms. The minimum Gasteiger partial charge on any atom is -0.493 e. The summed E-state index contributed by atoms with van der Waals surface area (Å²) < 4.78 is 11.5. The van der Waals surface area contributed by atoms with Crippen LogP contribution in [-0.4, -0.2) is 38.5 Å². The number of hydrogen-bond donors (Lipinski definition) is 2. The molecule has 0 radical (unpaired) electrons. The molecule has 90 valence electrons. The lowest BCUT2D eigenvalue weighted by molar-refractivity contribution is 0.106. The van der Waals surface area contributed by atoms with E-state index in [2.05, 4.69) is 21.2 Å². The average molecular weight is 290 g/mol. The fourth-order valence-corrected chi connectivity index (χ4v) is 1.73. The quantitative estimate of drug-likeness (QED) is 0.832. The molecule has 1 unspecified atom stereocenters. The molecule has 0 heterocycles. The van der Waals surface area contributed by atoms with Crippen molar-refractivity contribution in [3.05, 3.63) is 22.7 Å². The molecule has 0 bridgehead atoms. The molecule has 2 N–H and O–H groups in total. The first-order valence-corrected chi connectivity index (χ1v) is 5.76. The Bertz CT molecular complexity index is 333. The molecule has 0 amide bonds. The van der Waals surface area contributed by atoms with Crippen LogP contribution in [0.25, 0.3) is 0 Å². The van der Waals surface area contributed by atoms with Crippen LogP contribution in [0.15, 0.2) is 22.7 Å². The molecule has 1 atom stereocenters. The zero-order chi connectivity index (χ0) is 12.0. The largest absolute Gasteiger partial charge is 0.493 e. The van der Waals surface area contributed by atoms with E-state index in [4.69, 9.17) is 9.47 Å². The fourth-order valence-electron chi connectivity index (χ4n) is 1.26. The number of methoxy groups -OCH3 is 1. The van der Waals surface area contributed by atoms with Gasteiger partial charge in [0.25, 0.3) is 0 Å². The van der Waals surface area contributed by atoms with Crippen molar-refractivity contribution in [1.82, 2.24) is 5.32 Å². The summed E-state index contributed by atoms with van der Waals surface area (Å²) in [6.07, 6.45) is -0.540. The summed E-state index contributed by atoms with van der Waals surface area (Å²) in [5, 5.41) is 12.4. The van der Waals surface area contributed by atoms with E-state index in [0.29, 0.717) is 18.0 Å². The number of aliphatic hydroxyl groups is 1. The van der Waals surface area contributed by atoms with E-state index in [-0.39, 0.29) is 6.61 Å². The third kappa shape index (κ3) is 3.66. The first kappa shape index (κ1) is 13.3. The van der Waals surface area contributed by atoms with Crippen LogP contribution in [0.3, 0.4) is 0 Å². The van der Waals surface area contributed by atoms with Gasteiger partial charge in [-0.15, -0.1) is 0 Å². The molecule has 0 saturated carbocycles. The van der Waals surface area contributed by atoms with E-state index in [0.717, 1.165) is 4.47 Å². The van der Waals surface area contributed by atoms with Crippen LogP contribution in [0.5, 0.6) is 11.5 Å². The smallest absolute Gasteiger partial charge is 0.175 e. The van der Waals surface area contributed by atoms with Crippen molar-refractivity contribution in [3.8, 4) is 11.5 Å². The molecule has 1 aromatic rings. The first-order chi connectivity index (χ1) is 7.69. The third-order valence-corrected chi connectivity index (χ3v) is 2.64. The number of benzene rings is 1. The summed E-state index contributed by atoms with van der Waals surface area (Å²) in [7, 11) is 3.36. The molecule has 0 aromatic heterocycles. The topological polar surface area (TPSA) is 50.7 Å². The molecule has 16 heavy (non-hydrogen) atoms. The maximum Gasteiger partial charge on any atom is 0.175 e. The van der Waals surface area contributed by atoms with Crippen LogP contribution in [0.1, 0.15) is 0 Å². The predicted octanol–water partition coefficient (Wildman–Crippen LogP) is 1.42. The second-order valence-electron chi connectivity index (χ2n) is 3.29. The normalized spacial score (nSPS) is 12.2. The third-order valence-electron chi connectivity index (χ3n) is 2.01. The SMILES string of the molecule is CNCC(O)COc1c(Br)cccc1OC. The van der Waals surface area contributed by atoms with Gasteiger partial charge in [-0.3, -0.25) is 0 Å². The van der Waals surface area contributed by atoms with Gasteiger partial charge in [-0.1, -0.05) is 6.07 Å². The van der Waals surface area contributed by atoms with Crippen LogP contribution < -0.4 is 14.8 Å². The van der Waals surface area contributed by atoms with Crippen LogP contribution in [-0.2, 0) is 0 Å². The second-order valence-corrected chi connectivity index (χ2v) is 4.15. The number of ether oxygens (including phenoxy) is 2. The van der Waals surface area contributed by atoms with Gasteiger partial charge in [0.15, 0.2) is 11.5 Å². The summed E-state index contributed by atoms with van der Waals surface area (Å²) >= 11 is 3.37. The zero-order valence-electron chi connectivity index (χ0n) is 9.37. The number of hydrogen-bond acceptors (Lipinski definition) is 4. The number of nitrogens with one attached hydrogen (secondary N) is 1. The summed E-state index contributed by atoms with van der Waals surface area (Å²) in [5.74, 6) is 1.26. The fraction of sp³-hybridized carbons (Fsp3) is 0.455. The highest BCUT2D eigenvalue weighted by molar-refractivity contribution is 9.10. The van der Waals surface area contributed by atoms with Gasteiger partial charge in [-0.2, -0.15) is 0 Å². The van der Waals surface area contributed by atoms with Crippen molar-refractivity contribution in [1.29, 1.82) is 0 Å². The van der Waals surface area contributed by atoms with Gasteiger partial charge in [-0.25, -0.2) is 0 Å². The Morgan fingerprint density at radius 1 is 1.50 bits per heavy atom. The van der Waals surface area contributed by atoms with Crippen LogP contribution in [0, 0.1) is 0 Å². The van der Waals surface area contributed by atoms with Gasteiger partial charge in [0.1, 0.15) is 12.7 Å². The Kier molecular flexibility index (Phi) is 5.59. The van der Waals surface area contributed by atoms with Crippen molar-refractivity contribution in [2.75, 3.05) is 27.3 Å². The predicted molar refractivity (Wildman–Crippen MR) is 66.1 cm³/mol. The highest BCUT2D eigenvalue weighted by atomic mass is 79.9. The van der Waals surface area contributed by atoms with Gasteiger partial charge >= 0.3 is 0 Å². The van der Waals surface area contributed by atoms with E-state index >= 15 is 0 Å². The lowest BCUT2D eigenvalue weighted by Crippen LogP contribution is -2.29. The number of aliphatic hydroxyl groups excluding tert-OH is 1. The molecule has 0 aliphatic rings. The minimum atomic E-state index is -0.540. The summed E-state index contributed by atoms with van der Waals surface area (Å²) in [6, 6.07) is 5.53. The van der Waals surface area contributed by atoms with E-state index in [9.17, 15) is 5.11 Å². The van der Waals surface area contributed by atoms with Crippen LogP contribution in [0.2, 0.25) is 0 Å². The van der Waals surface area contributed by atoms with Crippen molar-refractivity contribution < 1.29 is 14.6 Å². The Labute approximate surface area is 104 Å². The van der Waals surface area contributed by atoms with Gasteiger partial charge in [0.05, 0.1) is 11.6 Å². The van der Waals surface area contributed by atoms with Gasteiger partial charge in [-0.05, 0) is 35.1 Å². The molecule has 0 spiro atoms. The molecule has 0 aliphatic heterocycles. The first-order valence-electron chi connectivity index (χ1n) is 4.97. The van der Waals surface area contributed by atoms with Gasteiger partial charge in [0, 0.05) is 6.54 Å². The molecule has 1 aromatic carbocycles. The molecule has 0 aliphatic carbocycles. The Morgan fingerprint density at radius 2 is 2.25 bits per heavy atom. The Balaban J connectivity index is 2.65. The monoisotopic (exact) mass is 289 g/mol. The van der Waals surface area contributed by atoms with Crippen molar-refractivity contribution in [2.24, 2.45) is 0 Å². The molecule has 0 fully saturated rings. The molecular weight excluding hydrogens is 274 g/mol.